The average Bonchev–Trinajstić information content (AvgIpc) is 2.49. The van der Waals surface area contributed by atoms with E-state index in [0.29, 0.717) is 10.8 Å². The van der Waals surface area contributed by atoms with Crippen LogP contribution < -0.4 is 10.1 Å². The van der Waals surface area contributed by atoms with E-state index in [2.05, 4.69) is 5.32 Å². The summed E-state index contributed by atoms with van der Waals surface area (Å²) in [6.45, 7) is 1.97. The molecule has 0 saturated carbocycles. The van der Waals surface area contributed by atoms with Crippen LogP contribution in [0, 0.1) is 10.1 Å². The Hall–Kier alpha value is -2.27. The molecule has 2 rings (SSSR count). The zero-order chi connectivity index (χ0) is 15.4. The summed E-state index contributed by atoms with van der Waals surface area (Å²) < 4.78 is 5.17. The van der Waals surface area contributed by atoms with Gasteiger partial charge in [-0.15, -0.1) is 0 Å². The lowest BCUT2D eigenvalue weighted by molar-refractivity contribution is -0.384. The van der Waals surface area contributed by atoms with Crippen LogP contribution in [-0.4, -0.2) is 12.0 Å². The van der Waals surface area contributed by atoms with Gasteiger partial charge in [-0.3, -0.25) is 10.1 Å². The normalized spacial score (nSPS) is 11.8. The van der Waals surface area contributed by atoms with E-state index in [1.165, 1.54) is 12.1 Å². The number of anilines is 1. The maximum absolute atomic E-state index is 10.6. The van der Waals surface area contributed by atoms with Crippen molar-refractivity contribution in [2.45, 2.75) is 13.0 Å². The van der Waals surface area contributed by atoms with E-state index in [1.807, 2.05) is 19.1 Å². The van der Waals surface area contributed by atoms with Crippen LogP contribution in [0.4, 0.5) is 11.4 Å². The number of methoxy groups -OCH3 is 1. The molecule has 110 valence electrons. The molecule has 21 heavy (non-hydrogen) atoms. The first-order valence-corrected chi connectivity index (χ1v) is 6.73. The third kappa shape index (κ3) is 3.64. The molecule has 0 bridgehead atoms. The molecule has 1 atom stereocenters. The van der Waals surface area contributed by atoms with Gasteiger partial charge in [0.1, 0.15) is 5.75 Å². The molecule has 0 radical (unpaired) electrons. The van der Waals surface area contributed by atoms with E-state index < -0.39 is 4.92 Å². The van der Waals surface area contributed by atoms with Gasteiger partial charge in [-0.05, 0) is 24.6 Å². The molecule has 0 aromatic heterocycles. The van der Waals surface area contributed by atoms with Gasteiger partial charge in [0, 0.05) is 29.9 Å². The number of nitrogens with zero attached hydrogens (tertiary/aromatic N) is 1. The van der Waals surface area contributed by atoms with Crippen LogP contribution in [0.25, 0.3) is 0 Å². The van der Waals surface area contributed by atoms with Gasteiger partial charge in [-0.25, -0.2) is 0 Å². The molecular weight excluding hydrogens is 292 g/mol. The molecule has 1 unspecified atom stereocenters. The van der Waals surface area contributed by atoms with E-state index in [9.17, 15) is 10.1 Å². The molecule has 0 fully saturated rings. The molecule has 1 N–H and O–H groups in total. The Morgan fingerprint density at radius 3 is 2.48 bits per heavy atom. The average molecular weight is 307 g/mol. The second-order valence-corrected chi connectivity index (χ2v) is 4.97. The quantitative estimate of drug-likeness (QED) is 0.655. The van der Waals surface area contributed by atoms with Crippen molar-refractivity contribution in [1.29, 1.82) is 0 Å². The summed E-state index contributed by atoms with van der Waals surface area (Å²) in [6, 6.07) is 11.9. The summed E-state index contributed by atoms with van der Waals surface area (Å²) >= 11 is 5.98. The minimum atomic E-state index is -0.411. The number of nitro benzene ring substituents is 1. The van der Waals surface area contributed by atoms with E-state index in [0.717, 1.165) is 11.3 Å². The standard InChI is InChI=1S/C15H15ClN2O3/c1-10(11-3-6-13(7-4-11)18(19)20)17-12-5-8-14(16)15(9-12)21-2/h3-10,17H,1-2H3. The Balaban J connectivity index is 2.13. The van der Waals surface area contributed by atoms with Crippen molar-refractivity contribution in [2.75, 3.05) is 12.4 Å². The van der Waals surface area contributed by atoms with Gasteiger partial charge in [0.15, 0.2) is 0 Å². The first-order valence-electron chi connectivity index (χ1n) is 6.35. The largest absolute Gasteiger partial charge is 0.495 e. The lowest BCUT2D eigenvalue weighted by atomic mass is 10.1. The number of nitro groups is 1. The number of hydrogen-bond donors (Lipinski definition) is 1. The fraction of sp³-hybridized carbons (Fsp3) is 0.200. The van der Waals surface area contributed by atoms with Gasteiger partial charge < -0.3 is 10.1 Å². The SMILES string of the molecule is COc1cc(NC(C)c2ccc([N+](=O)[O-])cc2)ccc1Cl. The molecule has 2 aromatic carbocycles. The zero-order valence-electron chi connectivity index (χ0n) is 11.7. The Morgan fingerprint density at radius 1 is 1.24 bits per heavy atom. The van der Waals surface area contributed by atoms with Gasteiger partial charge in [0.25, 0.3) is 5.69 Å². The van der Waals surface area contributed by atoms with E-state index >= 15 is 0 Å². The lowest BCUT2D eigenvalue weighted by Gasteiger charge is -2.16. The van der Waals surface area contributed by atoms with E-state index in [1.54, 1.807) is 25.3 Å². The highest BCUT2D eigenvalue weighted by atomic mass is 35.5. The molecule has 2 aromatic rings. The van der Waals surface area contributed by atoms with Gasteiger partial charge in [-0.1, -0.05) is 23.7 Å². The molecule has 5 nitrogen and oxygen atoms in total. The van der Waals surface area contributed by atoms with Crippen LogP contribution in [0.1, 0.15) is 18.5 Å². The number of hydrogen-bond acceptors (Lipinski definition) is 4. The number of benzene rings is 2. The van der Waals surface area contributed by atoms with Crippen LogP contribution in [0.5, 0.6) is 5.75 Å². The van der Waals surface area contributed by atoms with Gasteiger partial charge in [-0.2, -0.15) is 0 Å². The van der Waals surface area contributed by atoms with Gasteiger partial charge in [0.2, 0.25) is 0 Å². The summed E-state index contributed by atoms with van der Waals surface area (Å²) in [5.41, 5.74) is 1.90. The summed E-state index contributed by atoms with van der Waals surface area (Å²) in [5, 5.41) is 14.5. The third-order valence-electron chi connectivity index (χ3n) is 3.14. The van der Waals surface area contributed by atoms with Crippen LogP contribution in [0.2, 0.25) is 5.02 Å². The van der Waals surface area contributed by atoms with Crippen molar-refractivity contribution in [3.63, 3.8) is 0 Å². The molecule has 0 aliphatic heterocycles. The monoisotopic (exact) mass is 306 g/mol. The highest BCUT2D eigenvalue weighted by Gasteiger charge is 2.10. The van der Waals surface area contributed by atoms with Crippen molar-refractivity contribution in [1.82, 2.24) is 0 Å². The van der Waals surface area contributed by atoms with Gasteiger partial charge in [0.05, 0.1) is 17.1 Å². The first-order chi connectivity index (χ1) is 10.0. The van der Waals surface area contributed by atoms with Crippen LogP contribution >= 0.6 is 11.6 Å². The smallest absolute Gasteiger partial charge is 0.269 e. The van der Waals surface area contributed by atoms with Crippen LogP contribution in [0.15, 0.2) is 42.5 Å². The van der Waals surface area contributed by atoms with E-state index in [-0.39, 0.29) is 11.7 Å². The third-order valence-corrected chi connectivity index (χ3v) is 3.45. The zero-order valence-corrected chi connectivity index (χ0v) is 12.4. The highest BCUT2D eigenvalue weighted by Crippen LogP contribution is 2.29. The van der Waals surface area contributed by atoms with Crippen molar-refractivity contribution in [3.05, 3.63) is 63.2 Å². The molecule has 0 aliphatic carbocycles. The Morgan fingerprint density at radius 2 is 1.90 bits per heavy atom. The summed E-state index contributed by atoms with van der Waals surface area (Å²) in [5.74, 6) is 0.595. The Bertz CT molecular complexity index is 644. The summed E-state index contributed by atoms with van der Waals surface area (Å²) in [4.78, 5) is 10.2. The lowest BCUT2D eigenvalue weighted by Crippen LogP contribution is -2.06. The topological polar surface area (TPSA) is 64.4 Å². The molecule has 0 amide bonds. The molecule has 0 spiro atoms. The number of halogens is 1. The van der Waals surface area contributed by atoms with Crippen molar-refractivity contribution >= 4 is 23.0 Å². The summed E-state index contributed by atoms with van der Waals surface area (Å²) in [7, 11) is 1.56. The number of ether oxygens (including phenoxy) is 1. The predicted octanol–water partition coefficient (Wildman–Crippen LogP) is 4.43. The van der Waals surface area contributed by atoms with Crippen molar-refractivity contribution < 1.29 is 9.66 Å². The maximum Gasteiger partial charge on any atom is 0.269 e. The van der Waals surface area contributed by atoms with Crippen molar-refractivity contribution in [3.8, 4) is 5.75 Å². The predicted molar refractivity (Wildman–Crippen MR) is 83.1 cm³/mol. The minimum Gasteiger partial charge on any atom is -0.495 e. The number of non-ortho nitro benzene ring substituents is 1. The van der Waals surface area contributed by atoms with Gasteiger partial charge >= 0.3 is 0 Å². The minimum absolute atomic E-state index is 0.00307. The van der Waals surface area contributed by atoms with Crippen LogP contribution in [-0.2, 0) is 0 Å². The number of nitrogens with one attached hydrogen (secondary N) is 1. The molecule has 6 heteroatoms. The van der Waals surface area contributed by atoms with E-state index in [4.69, 9.17) is 16.3 Å². The first kappa shape index (κ1) is 15.1. The Labute approximate surface area is 127 Å². The fourth-order valence-corrected chi connectivity index (χ4v) is 2.16. The maximum atomic E-state index is 10.6. The Kier molecular flexibility index (Phi) is 4.65. The molecule has 0 saturated heterocycles. The second-order valence-electron chi connectivity index (χ2n) is 4.56. The number of rotatable bonds is 5. The molecular formula is C15H15ClN2O3. The molecule has 0 aliphatic rings. The molecule has 0 heterocycles. The summed E-state index contributed by atoms with van der Waals surface area (Å²) in [6.07, 6.45) is 0. The van der Waals surface area contributed by atoms with Crippen LogP contribution in [0.3, 0.4) is 0 Å². The fourth-order valence-electron chi connectivity index (χ4n) is 1.97. The highest BCUT2D eigenvalue weighted by molar-refractivity contribution is 6.32. The van der Waals surface area contributed by atoms with Crippen molar-refractivity contribution in [2.24, 2.45) is 0 Å². The second kappa shape index (κ2) is 6.45.